The Bertz CT molecular complexity index is 445. The van der Waals surface area contributed by atoms with Crippen LogP contribution >= 0.6 is 11.6 Å². The summed E-state index contributed by atoms with van der Waals surface area (Å²) in [6, 6.07) is 4.56. The Morgan fingerprint density at radius 3 is 2.67 bits per heavy atom. The first kappa shape index (κ1) is 13.3. The molecule has 0 spiro atoms. The van der Waals surface area contributed by atoms with Gasteiger partial charge in [0.25, 0.3) is 5.69 Å². The second-order valence-corrected chi connectivity index (χ2v) is 4.95. The lowest BCUT2D eigenvalue weighted by Gasteiger charge is -2.29. The quantitative estimate of drug-likeness (QED) is 0.675. The number of nitro benzene ring substituents is 1. The van der Waals surface area contributed by atoms with E-state index in [1.165, 1.54) is 12.1 Å². The predicted molar refractivity (Wildman–Crippen MR) is 68.6 cm³/mol. The lowest BCUT2D eigenvalue weighted by molar-refractivity contribution is -0.384. The van der Waals surface area contributed by atoms with Gasteiger partial charge in [0, 0.05) is 31.8 Å². The van der Waals surface area contributed by atoms with Crippen LogP contribution in [0, 0.1) is 10.1 Å². The van der Waals surface area contributed by atoms with Gasteiger partial charge in [0.2, 0.25) is 0 Å². The second-order valence-electron chi connectivity index (χ2n) is 4.54. The van der Waals surface area contributed by atoms with Gasteiger partial charge in [-0.05, 0) is 24.5 Å². The van der Waals surface area contributed by atoms with Gasteiger partial charge in [0.15, 0.2) is 0 Å². The molecule has 2 rings (SSSR count). The van der Waals surface area contributed by atoms with Crippen LogP contribution in [-0.4, -0.2) is 34.1 Å². The topological polar surface area (TPSA) is 66.6 Å². The van der Waals surface area contributed by atoms with Crippen LogP contribution in [0.4, 0.5) is 5.69 Å². The number of rotatable bonds is 3. The third-order valence-electron chi connectivity index (χ3n) is 3.20. The number of non-ortho nitro benzene ring substituents is 1. The Hall–Kier alpha value is -1.17. The van der Waals surface area contributed by atoms with E-state index in [-0.39, 0.29) is 11.8 Å². The minimum atomic E-state index is -0.451. The lowest BCUT2D eigenvalue weighted by atomic mass is 10.1. The summed E-state index contributed by atoms with van der Waals surface area (Å²) in [6.07, 6.45) is 1.34. The summed E-state index contributed by atoms with van der Waals surface area (Å²) in [4.78, 5) is 12.3. The molecule has 18 heavy (non-hydrogen) atoms. The Morgan fingerprint density at radius 2 is 2.11 bits per heavy atom. The summed E-state index contributed by atoms with van der Waals surface area (Å²) in [6.45, 7) is 2.33. The zero-order valence-corrected chi connectivity index (χ0v) is 10.6. The number of likely N-dealkylation sites (tertiary alicyclic amines) is 1. The van der Waals surface area contributed by atoms with Crippen molar-refractivity contribution < 1.29 is 10.0 Å². The van der Waals surface area contributed by atoms with Crippen LogP contribution < -0.4 is 0 Å². The van der Waals surface area contributed by atoms with E-state index < -0.39 is 4.92 Å². The molecule has 0 radical (unpaired) electrons. The fourth-order valence-corrected chi connectivity index (χ4v) is 2.33. The van der Waals surface area contributed by atoms with Crippen molar-refractivity contribution in [2.45, 2.75) is 25.5 Å². The molecular weight excluding hydrogens is 256 g/mol. The SMILES string of the molecule is O=[N+]([O-])c1ccc(CN2CCC(O)CC2)c(Cl)c1. The summed E-state index contributed by atoms with van der Waals surface area (Å²) in [5.41, 5.74) is 0.900. The zero-order chi connectivity index (χ0) is 13.1. The summed E-state index contributed by atoms with van der Waals surface area (Å²) in [5, 5.41) is 20.4. The molecule has 1 aromatic rings. The third kappa shape index (κ3) is 3.19. The van der Waals surface area contributed by atoms with Crippen LogP contribution in [-0.2, 0) is 6.54 Å². The second kappa shape index (κ2) is 5.65. The molecular formula is C12H15ClN2O3. The smallest absolute Gasteiger partial charge is 0.270 e. The van der Waals surface area contributed by atoms with Crippen molar-refractivity contribution >= 4 is 17.3 Å². The van der Waals surface area contributed by atoms with E-state index in [0.717, 1.165) is 31.5 Å². The maximum Gasteiger partial charge on any atom is 0.270 e. The van der Waals surface area contributed by atoms with Gasteiger partial charge in [-0.3, -0.25) is 15.0 Å². The normalized spacial score (nSPS) is 17.9. The molecule has 1 N–H and O–H groups in total. The minimum absolute atomic E-state index is 0.0119. The average molecular weight is 271 g/mol. The number of nitro groups is 1. The van der Waals surface area contributed by atoms with Gasteiger partial charge < -0.3 is 5.11 Å². The number of hydrogen-bond acceptors (Lipinski definition) is 4. The number of aliphatic hydroxyl groups is 1. The average Bonchev–Trinajstić information content (AvgIpc) is 2.34. The molecule has 1 fully saturated rings. The summed E-state index contributed by atoms with van der Waals surface area (Å²) >= 11 is 6.04. The number of nitrogens with zero attached hydrogens (tertiary/aromatic N) is 2. The van der Waals surface area contributed by atoms with Gasteiger partial charge >= 0.3 is 0 Å². The zero-order valence-electron chi connectivity index (χ0n) is 9.88. The third-order valence-corrected chi connectivity index (χ3v) is 3.55. The van der Waals surface area contributed by atoms with E-state index >= 15 is 0 Å². The summed E-state index contributed by atoms with van der Waals surface area (Å²) in [5.74, 6) is 0. The van der Waals surface area contributed by atoms with Crippen molar-refractivity contribution in [1.29, 1.82) is 0 Å². The Morgan fingerprint density at radius 1 is 1.44 bits per heavy atom. The Kier molecular flexibility index (Phi) is 4.16. The molecule has 5 nitrogen and oxygen atoms in total. The highest BCUT2D eigenvalue weighted by molar-refractivity contribution is 6.31. The van der Waals surface area contributed by atoms with E-state index in [9.17, 15) is 15.2 Å². The maximum absolute atomic E-state index is 10.6. The van der Waals surface area contributed by atoms with E-state index in [1.54, 1.807) is 6.07 Å². The monoisotopic (exact) mass is 270 g/mol. The highest BCUT2D eigenvalue weighted by Crippen LogP contribution is 2.24. The van der Waals surface area contributed by atoms with Crippen LogP contribution in [0.3, 0.4) is 0 Å². The number of benzene rings is 1. The van der Waals surface area contributed by atoms with Crippen LogP contribution in [0.2, 0.25) is 5.02 Å². The van der Waals surface area contributed by atoms with Crippen molar-refractivity contribution in [3.8, 4) is 0 Å². The molecule has 0 atom stereocenters. The summed E-state index contributed by atoms with van der Waals surface area (Å²) < 4.78 is 0. The molecule has 1 heterocycles. The highest BCUT2D eigenvalue weighted by atomic mass is 35.5. The largest absolute Gasteiger partial charge is 0.393 e. The summed E-state index contributed by atoms with van der Waals surface area (Å²) in [7, 11) is 0. The highest BCUT2D eigenvalue weighted by Gasteiger charge is 2.18. The van der Waals surface area contributed by atoms with Crippen molar-refractivity contribution in [3.05, 3.63) is 38.9 Å². The van der Waals surface area contributed by atoms with Gasteiger partial charge in [0.05, 0.1) is 16.0 Å². The maximum atomic E-state index is 10.6. The van der Waals surface area contributed by atoms with E-state index in [0.29, 0.717) is 11.6 Å². The van der Waals surface area contributed by atoms with Crippen molar-refractivity contribution in [2.75, 3.05) is 13.1 Å². The fraction of sp³-hybridized carbons (Fsp3) is 0.500. The molecule has 0 aliphatic carbocycles. The van der Waals surface area contributed by atoms with Crippen LogP contribution in [0.5, 0.6) is 0 Å². The predicted octanol–water partition coefficient (Wildman–Crippen LogP) is 2.20. The number of halogens is 1. The van der Waals surface area contributed by atoms with Gasteiger partial charge in [-0.15, -0.1) is 0 Å². The van der Waals surface area contributed by atoms with E-state index in [2.05, 4.69) is 4.90 Å². The van der Waals surface area contributed by atoms with Crippen molar-refractivity contribution in [2.24, 2.45) is 0 Å². The first-order chi connectivity index (χ1) is 8.56. The minimum Gasteiger partial charge on any atom is -0.393 e. The number of hydrogen-bond donors (Lipinski definition) is 1. The van der Waals surface area contributed by atoms with Crippen molar-refractivity contribution in [3.63, 3.8) is 0 Å². The van der Waals surface area contributed by atoms with E-state index in [4.69, 9.17) is 11.6 Å². The molecule has 0 aromatic heterocycles. The molecule has 6 heteroatoms. The molecule has 98 valence electrons. The standard InChI is InChI=1S/C12H15ClN2O3/c13-12-7-10(15(17)18)2-1-9(12)8-14-5-3-11(16)4-6-14/h1-2,7,11,16H,3-6,8H2. The molecule has 0 amide bonds. The van der Waals surface area contributed by atoms with E-state index in [1.807, 2.05) is 0 Å². The first-order valence-electron chi connectivity index (χ1n) is 5.89. The molecule has 1 aliphatic heterocycles. The Balaban J connectivity index is 2.03. The molecule has 0 saturated carbocycles. The molecule has 0 bridgehead atoms. The van der Waals surface area contributed by atoms with Gasteiger partial charge in [-0.2, -0.15) is 0 Å². The van der Waals surface area contributed by atoms with Crippen LogP contribution in [0.25, 0.3) is 0 Å². The molecule has 1 aliphatic rings. The van der Waals surface area contributed by atoms with Crippen LogP contribution in [0.1, 0.15) is 18.4 Å². The van der Waals surface area contributed by atoms with Crippen molar-refractivity contribution in [1.82, 2.24) is 4.90 Å². The lowest BCUT2D eigenvalue weighted by Crippen LogP contribution is -2.35. The molecule has 0 unspecified atom stereocenters. The molecule has 1 saturated heterocycles. The van der Waals surface area contributed by atoms with Gasteiger partial charge in [-0.25, -0.2) is 0 Å². The number of piperidine rings is 1. The Labute approximate surface area is 110 Å². The van der Waals surface area contributed by atoms with Gasteiger partial charge in [-0.1, -0.05) is 11.6 Å². The van der Waals surface area contributed by atoms with Gasteiger partial charge in [0.1, 0.15) is 0 Å². The fourth-order valence-electron chi connectivity index (χ4n) is 2.10. The molecule has 1 aromatic carbocycles. The van der Waals surface area contributed by atoms with Crippen LogP contribution in [0.15, 0.2) is 18.2 Å². The first-order valence-corrected chi connectivity index (χ1v) is 6.27. The number of aliphatic hydroxyl groups excluding tert-OH is 1.